The number of ether oxygens (including phenoxy) is 3. The second kappa shape index (κ2) is 9.58. The lowest BCUT2D eigenvalue weighted by atomic mass is 10.1. The minimum Gasteiger partial charge on any atom is -0.497 e. The molecule has 8 heteroatoms. The van der Waals surface area contributed by atoms with Crippen LogP contribution in [0, 0.1) is 13.8 Å². The number of nitrogens with zero attached hydrogens (tertiary/aromatic N) is 3. The van der Waals surface area contributed by atoms with E-state index in [1.165, 1.54) is 0 Å². The highest BCUT2D eigenvalue weighted by atomic mass is 16.5. The van der Waals surface area contributed by atoms with Crippen molar-refractivity contribution in [1.82, 2.24) is 10.4 Å². The number of nitrogens with one attached hydrogen (secondary N) is 1. The molecule has 2 aromatic rings. The fourth-order valence-corrected chi connectivity index (χ4v) is 3.46. The van der Waals surface area contributed by atoms with Gasteiger partial charge in [-0.15, -0.1) is 0 Å². The molecule has 8 nitrogen and oxygen atoms in total. The van der Waals surface area contributed by atoms with Crippen LogP contribution in [0.25, 0.3) is 0 Å². The molecule has 2 N–H and O–H groups in total. The van der Waals surface area contributed by atoms with E-state index in [1.54, 1.807) is 21.3 Å². The summed E-state index contributed by atoms with van der Waals surface area (Å²) in [5.74, 6) is 2.59. The van der Waals surface area contributed by atoms with Crippen molar-refractivity contribution in [1.29, 1.82) is 0 Å². The molecule has 30 heavy (non-hydrogen) atoms. The predicted octanol–water partition coefficient (Wildman–Crippen LogP) is 3.12. The molecule has 0 amide bonds. The van der Waals surface area contributed by atoms with Crippen molar-refractivity contribution in [2.45, 2.75) is 13.8 Å². The van der Waals surface area contributed by atoms with Crippen molar-refractivity contribution in [3.63, 3.8) is 0 Å². The number of piperazine rings is 1. The van der Waals surface area contributed by atoms with Crippen molar-refractivity contribution >= 4 is 17.3 Å². The Kier molecular flexibility index (Phi) is 6.89. The van der Waals surface area contributed by atoms with Crippen molar-refractivity contribution < 1.29 is 19.4 Å². The summed E-state index contributed by atoms with van der Waals surface area (Å²) in [6.45, 7) is 6.98. The van der Waals surface area contributed by atoms with Gasteiger partial charge in [0.15, 0.2) is 0 Å². The van der Waals surface area contributed by atoms with E-state index in [9.17, 15) is 5.21 Å². The van der Waals surface area contributed by atoms with Gasteiger partial charge >= 0.3 is 0 Å². The van der Waals surface area contributed by atoms with Crippen LogP contribution in [0.4, 0.5) is 11.4 Å². The highest BCUT2D eigenvalue weighted by Crippen LogP contribution is 2.31. The van der Waals surface area contributed by atoms with E-state index < -0.39 is 0 Å². The Hall–Kier alpha value is -3.13. The molecule has 0 aliphatic carbocycles. The maximum atomic E-state index is 9.74. The number of aryl methyl sites for hydroxylation is 2. The fourth-order valence-electron chi connectivity index (χ4n) is 3.46. The molecule has 0 unspecified atom stereocenters. The first-order valence-corrected chi connectivity index (χ1v) is 9.86. The van der Waals surface area contributed by atoms with Gasteiger partial charge in [0.25, 0.3) is 0 Å². The van der Waals surface area contributed by atoms with Gasteiger partial charge < -0.3 is 24.0 Å². The third-order valence-corrected chi connectivity index (χ3v) is 5.40. The summed E-state index contributed by atoms with van der Waals surface area (Å²) in [6.07, 6.45) is 0. The van der Waals surface area contributed by atoms with Gasteiger partial charge in [-0.25, -0.2) is 10.5 Å². The van der Waals surface area contributed by atoms with Gasteiger partial charge in [-0.05, 0) is 37.1 Å². The highest BCUT2D eigenvalue weighted by molar-refractivity contribution is 5.83. The maximum absolute atomic E-state index is 9.74. The van der Waals surface area contributed by atoms with E-state index in [2.05, 4.69) is 15.4 Å². The number of hydrogen-bond donors (Lipinski definition) is 2. The number of hydroxylamine groups is 1. The SMILES string of the molecule is COc1cc(OC)cc(N2CCN(C(=Nc3cc(C)c(C)cc3OC)NO)CC2)c1. The van der Waals surface area contributed by atoms with Crippen LogP contribution < -0.4 is 24.6 Å². The van der Waals surface area contributed by atoms with Crippen LogP contribution in [-0.4, -0.2) is 63.6 Å². The van der Waals surface area contributed by atoms with Gasteiger partial charge in [0, 0.05) is 50.1 Å². The first-order chi connectivity index (χ1) is 14.5. The van der Waals surface area contributed by atoms with E-state index in [0.717, 1.165) is 41.4 Å². The minimum atomic E-state index is 0.402. The van der Waals surface area contributed by atoms with E-state index in [0.29, 0.717) is 30.5 Å². The Morgan fingerprint density at radius 1 is 0.867 bits per heavy atom. The molecule has 0 spiro atoms. The van der Waals surface area contributed by atoms with E-state index in [-0.39, 0.29) is 0 Å². The van der Waals surface area contributed by atoms with Crippen molar-refractivity contribution in [3.05, 3.63) is 41.5 Å². The number of benzene rings is 2. The smallest absolute Gasteiger partial charge is 0.223 e. The summed E-state index contributed by atoms with van der Waals surface area (Å²) in [4.78, 5) is 8.90. The molecule has 162 valence electrons. The molecule has 1 saturated heterocycles. The molecule has 0 saturated carbocycles. The fraction of sp³-hybridized carbons (Fsp3) is 0.409. The summed E-state index contributed by atoms with van der Waals surface area (Å²) in [5, 5.41) is 9.74. The molecule has 0 aromatic heterocycles. The molecule has 0 radical (unpaired) electrons. The third-order valence-electron chi connectivity index (χ3n) is 5.40. The summed E-state index contributed by atoms with van der Waals surface area (Å²) >= 11 is 0. The number of methoxy groups -OCH3 is 3. The lowest BCUT2D eigenvalue weighted by Crippen LogP contribution is -2.52. The second-order valence-corrected chi connectivity index (χ2v) is 7.20. The average molecular weight is 415 g/mol. The van der Waals surface area contributed by atoms with E-state index in [4.69, 9.17) is 14.2 Å². The van der Waals surface area contributed by atoms with Crippen molar-refractivity contribution in [3.8, 4) is 17.2 Å². The first-order valence-electron chi connectivity index (χ1n) is 9.86. The van der Waals surface area contributed by atoms with Gasteiger partial charge in [-0.1, -0.05) is 0 Å². The van der Waals surface area contributed by atoms with Crippen LogP contribution in [0.3, 0.4) is 0 Å². The molecule has 2 aromatic carbocycles. The Labute approximate surface area is 177 Å². The Morgan fingerprint density at radius 2 is 1.47 bits per heavy atom. The standard InChI is InChI=1S/C22H30N4O4/c1-15-10-20(21(30-5)11-16(15)2)23-22(24-27)26-8-6-25(7-9-26)17-12-18(28-3)14-19(13-17)29-4/h10-14,27H,6-9H2,1-5H3,(H,23,24). The Bertz CT molecular complexity index is 886. The van der Waals surface area contributed by atoms with Crippen LogP contribution in [-0.2, 0) is 0 Å². The van der Waals surface area contributed by atoms with Crippen molar-refractivity contribution in [2.75, 3.05) is 52.4 Å². The van der Waals surface area contributed by atoms with Gasteiger partial charge in [0.1, 0.15) is 22.9 Å². The monoisotopic (exact) mass is 414 g/mol. The van der Waals surface area contributed by atoms with Crippen LogP contribution >= 0.6 is 0 Å². The number of aliphatic imine (C=N–C) groups is 1. The molecule has 0 atom stereocenters. The first kappa shape index (κ1) is 21.6. The normalized spacial score (nSPS) is 14.5. The average Bonchev–Trinajstić information content (AvgIpc) is 2.79. The predicted molar refractivity (Wildman–Crippen MR) is 118 cm³/mol. The summed E-state index contributed by atoms with van der Waals surface area (Å²) < 4.78 is 16.2. The zero-order valence-electron chi connectivity index (χ0n) is 18.2. The van der Waals surface area contributed by atoms with Gasteiger partial charge in [0.2, 0.25) is 5.96 Å². The zero-order chi connectivity index (χ0) is 21.7. The molecule has 0 bridgehead atoms. The number of anilines is 1. The van der Waals surface area contributed by atoms with E-state index >= 15 is 0 Å². The molecule has 1 aliphatic heterocycles. The lowest BCUT2D eigenvalue weighted by Gasteiger charge is -2.37. The number of guanidine groups is 1. The van der Waals surface area contributed by atoms with Crippen molar-refractivity contribution in [2.24, 2.45) is 4.99 Å². The minimum absolute atomic E-state index is 0.402. The summed E-state index contributed by atoms with van der Waals surface area (Å²) in [5.41, 5.74) is 6.22. The van der Waals surface area contributed by atoms with Crippen LogP contribution in [0.5, 0.6) is 17.2 Å². The quantitative estimate of drug-likeness (QED) is 0.442. The Balaban J connectivity index is 1.77. The lowest BCUT2D eigenvalue weighted by molar-refractivity contribution is 0.207. The van der Waals surface area contributed by atoms with Gasteiger partial charge in [-0.2, -0.15) is 0 Å². The van der Waals surface area contributed by atoms with E-state index in [1.807, 2.05) is 49.1 Å². The Morgan fingerprint density at radius 3 is 2.00 bits per heavy atom. The third kappa shape index (κ3) is 4.71. The molecular formula is C22H30N4O4. The maximum Gasteiger partial charge on any atom is 0.223 e. The van der Waals surface area contributed by atoms with Crippen LogP contribution in [0.1, 0.15) is 11.1 Å². The molecular weight excluding hydrogens is 384 g/mol. The number of hydrogen-bond acceptors (Lipinski definition) is 6. The highest BCUT2D eigenvalue weighted by Gasteiger charge is 2.21. The number of rotatable bonds is 5. The van der Waals surface area contributed by atoms with Crippen LogP contribution in [0.15, 0.2) is 35.3 Å². The molecule has 1 fully saturated rings. The zero-order valence-corrected chi connectivity index (χ0v) is 18.2. The molecule has 3 rings (SSSR count). The second-order valence-electron chi connectivity index (χ2n) is 7.20. The molecule has 1 aliphatic rings. The van der Waals surface area contributed by atoms with Crippen LogP contribution in [0.2, 0.25) is 0 Å². The summed E-state index contributed by atoms with van der Waals surface area (Å²) in [7, 11) is 4.91. The largest absolute Gasteiger partial charge is 0.497 e. The molecule has 1 heterocycles. The topological polar surface area (TPSA) is 78.8 Å². The van der Waals surface area contributed by atoms with Gasteiger partial charge in [0.05, 0.1) is 21.3 Å². The van der Waals surface area contributed by atoms with Gasteiger partial charge in [-0.3, -0.25) is 5.21 Å². The summed E-state index contributed by atoms with van der Waals surface area (Å²) in [6, 6.07) is 9.77.